The normalized spacial score (nSPS) is 8.12. The number of hydrogen-bond acceptors (Lipinski definition) is 0. The molecule has 0 radical (unpaired) electrons. The Hall–Kier alpha value is 0. The van der Waals surface area contributed by atoms with E-state index in [-0.39, 0.29) is 7.43 Å². The molecule has 0 saturated carbocycles. The van der Waals surface area contributed by atoms with Crippen molar-refractivity contribution in [3.8, 4) is 0 Å². The molecule has 0 N–H and O–H groups in total. The molecular weight excluding hydrogens is 204 g/mol. The molecule has 0 spiro atoms. The first-order valence-corrected chi connectivity index (χ1v) is 7.74. The third kappa shape index (κ3) is 64.0. The molecule has 0 heteroatoms. The Morgan fingerprint density at radius 1 is 0.353 bits per heavy atom. The zero-order valence-electron chi connectivity index (χ0n) is 13.1. The van der Waals surface area contributed by atoms with Gasteiger partial charge in [0, 0.05) is 0 Å². The summed E-state index contributed by atoms with van der Waals surface area (Å²) in [5.41, 5.74) is 0. The summed E-state index contributed by atoms with van der Waals surface area (Å²) in [6.45, 7) is 13.2. The lowest BCUT2D eigenvalue weighted by atomic mass is 10.1. The van der Waals surface area contributed by atoms with Gasteiger partial charge in [0.2, 0.25) is 0 Å². The maximum atomic E-state index is 2.26. The summed E-state index contributed by atoms with van der Waals surface area (Å²) in [4.78, 5) is 0. The molecule has 0 unspecified atom stereocenters. The van der Waals surface area contributed by atoms with Crippen LogP contribution in [0, 0.1) is 0 Å². The SMILES string of the molecule is C.CCCC.CCCC.CCCCCCCC. The highest BCUT2D eigenvalue weighted by Gasteiger charge is 1.83. The largest absolute Gasteiger partial charge is 0.0776 e. The number of unbranched alkanes of at least 4 members (excludes halogenated alkanes) is 7. The fourth-order valence-corrected chi connectivity index (χ4v) is 0.854. The van der Waals surface area contributed by atoms with Crippen LogP contribution in [0.25, 0.3) is 0 Å². The van der Waals surface area contributed by atoms with Gasteiger partial charge in [-0.1, -0.05) is 113 Å². The third-order valence-corrected chi connectivity index (χ3v) is 2.46. The van der Waals surface area contributed by atoms with Crippen LogP contribution in [0.4, 0.5) is 0 Å². The van der Waals surface area contributed by atoms with E-state index in [9.17, 15) is 0 Å². The first-order valence-electron chi connectivity index (χ1n) is 7.74. The predicted molar refractivity (Wildman–Crippen MR) is 86.9 cm³/mol. The zero-order valence-corrected chi connectivity index (χ0v) is 13.1. The van der Waals surface area contributed by atoms with Crippen molar-refractivity contribution in [2.75, 3.05) is 0 Å². The van der Waals surface area contributed by atoms with Gasteiger partial charge in [0.05, 0.1) is 0 Å². The Bertz CT molecular complexity index is 52.4. The van der Waals surface area contributed by atoms with E-state index in [1.54, 1.807) is 0 Å². The number of rotatable bonds is 7. The summed E-state index contributed by atoms with van der Waals surface area (Å²) >= 11 is 0. The molecule has 0 nitrogen and oxygen atoms in total. The molecule has 0 aliphatic heterocycles. The van der Waals surface area contributed by atoms with Gasteiger partial charge < -0.3 is 0 Å². The second-order valence-corrected chi connectivity index (χ2v) is 4.41. The van der Waals surface area contributed by atoms with Gasteiger partial charge in [-0.3, -0.25) is 0 Å². The maximum Gasteiger partial charge on any atom is -0.0533 e. The second kappa shape index (κ2) is 36.0. The molecule has 17 heavy (non-hydrogen) atoms. The van der Waals surface area contributed by atoms with Crippen molar-refractivity contribution in [3.63, 3.8) is 0 Å². The molecule has 0 amide bonds. The maximum absolute atomic E-state index is 2.26. The van der Waals surface area contributed by atoms with Crippen molar-refractivity contribution in [1.29, 1.82) is 0 Å². The van der Waals surface area contributed by atoms with Gasteiger partial charge in [-0.05, 0) is 0 Å². The lowest BCUT2D eigenvalue weighted by Crippen LogP contribution is -1.73. The van der Waals surface area contributed by atoms with Crippen LogP contribution in [0.1, 0.15) is 113 Å². The Morgan fingerprint density at radius 2 is 0.588 bits per heavy atom. The van der Waals surface area contributed by atoms with Crippen LogP contribution in [0.2, 0.25) is 0 Å². The Labute approximate surface area is 114 Å². The molecule has 0 heterocycles. The predicted octanol–water partition coefficient (Wildman–Crippen LogP) is 7.62. The molecule has 0 rings (SSSR count). The number of hydrogen-bond donors (Lipinski definition) is 0. The first-order chi connectivity index (χ1) is 7.74. The highest BCUT2D eigenvalue weighted by molar-refractivity contribution is 4.39. The van der Waals surface area contributed by atoms with Crippen molar-refractivity contribution in [1.82, 2.24) is 0 Å². The van der Waals surface area contributed by atoms with E-state index >= 15 is 0 Å². The van der Waals surface area contributed by atoms with Gasteiger partial charge >= 0.3 is 0 Å². The average molecular weight is 247 g/mol. The van der Waals surface area contributed by atoms with E-state index in [4.69, 9.17) is 0 Å². The molecular formula is C17H42. The van der Waals surface area contributed by atoms with Gasteiger partial charge in [-0.2, -0.15) is 0 Å². The average Bonchev–Trinajstić information content (AvgIpc) is 2.35. The molecule has 110 valence electrons. The van der Waals surface area contributed by atoms with Crippen LogP contribution < -0.4 is 0 Å². The van der Waals surface area contributed by atoms with Crippen LogP contribution in [-0.2, 0) is 0 Å². The summed E-state index contributed by atoms with van der Waals surface area (Å²) < 4.78 is 0. The Kier molecular flexibility index (Phi) is 54.5. The highest BCUT2D eigenvalue weighted by atomic mass is 13.9. The van der Waals surface area contributed by atoms with Crippen molar-refractivity contribution in [2.24, 2.45) is 0 Å². The zero-order chi connectivity index (χ0) is 13.1. The van der Waals surface area contributed by atoms with Crippen molar-refractivity contribution in [3.05, 3.63) is 0 Å². The van der Waals surface area contributed by atoms with Crippen LogP contribution in [0.5, 0.6) is 0 Å². The van der Waals surface area contributed by atoms with Crippen LogP contribution in [0.3, 0.4) is 0 Å². The molecule has 0 aromatic rings. The lowest BCUT2D eigenvalue weighted by molar-refractivity contribution is 0.624. The standard InChI is InChI=1S/C8H18.2C4H10.CH4/c1-3-5-7-8-6-4-2;2*1-3-4-2;/h3-8H2,1-2H3;2*3-4H2,1-2H3;1H4. The van der Waals surface area contributed by atoms with E-state index in [0.29, 0.717) is 0 Å². The van der Waals surface area contributed by atoms with Crippen LogP contribution in [-0.4, -0.2) is 0 Å². The molecule has 0 aromatic heterocycles. The van der Waals surface area contributed by atoms with Gasteiger partial charge in [0.25, 0.3) is 0 Å². The lowest BCUT2D eigenvalue weighted by Gasteiger charge is -1.93. The van der Waals surface area contributed by atoms with E-state index in [1.165, 1.54) is 64.2 Å². The minimum atomic E-state index is 0. The summed E-state index contributed by atoms with van der Waals surface area (Å²) in [5.74, 6) is 0. The fourth-order valence-electron chi connectivity index (χ4n) is 0.854. The monoisotopic (exact) mass is 246 g/mol. The van der Waals surface area contributed by atoms with Crippen molar-refractivity contribution >= 4 is 0 Å². The Balaban J connectivity index is -0.0000000806. The smallest absolute Gasteiger partial charge is 0.0533 e. The molecule has 0 bridgehead atoms. The molecule has 0 fully saturated rings. The van der Waals surface area contributed by atoms with Crippen molar-refractivity contribution in [2.45, 2.75) is 113 Å². The molecule has 0 saturated heterocycles. The summed E-state index contributed by atoms with van der Waals surface area (Å²) in [7, 11) is 0. The minimum absolute atomic E-state index is 0. The molecule has 0 aliphatic carbocycles. The molecule has 0 aliphatic rings. The van der Waals surface area contributed by atoms with Crippen LogP contribution in [0.15, 0.2) is 0 Å². The van der Waals surface area contributed by atoms with E-state index in [1.807, 2.05) is 0 Å². The van der Waals surface area contributed by atoms with E-state index < -0.39 is 0 Å². The quantitative estimate of drug-likeness (QED) is 0.405. The minimum Gasteiger partial charge on any atom is -0.0776 e. The van der Waals surface area contributed by atoms with Crippen molar-refractivity contribution < 1.29 is 0 Å². The second-order valence-electron chi connectivity index (χ2n) is 4.41. The summed E-state index contributed by atoms with van der Waals surface area (Å²) in [5, 5.41) is 0. The van der Waals surface area contributed by atoms with Gasteiger partial charge in [0.1, 0.15) is 0 Å². The topological polar surface area (TPSA) is 0 Å². The van der Waals surface area contributed by atoms with E-state index in [0.717, 1.165) is 0 Å². The first kappa shape index (κ1) is 25.8. The summed E-state index contributed by atoms with van der Waals surface area (Å²) in [6, 6.07) is 0. The highest BCUT2D eigenvalue weighted by Crippen LogP contribution is 2.03. The Morgan fingerprint density at radius 3 is 0.706 bits per heavy atom. The summed E-state index contributed by atoms with van der Waals surface area (Å²) in [6.07, 6.45) is 13.8. The van der Waals surface area contributed by atoms with E-state index in [2.05, 4.69) is 41.5 Å². The fraction of sp³-hybridized carbons (Fsp3) is 1.00. The van der Waals surface area contributed by atoms with Gasteiger partial charge in [0.15, 0.2) is 0 Å². The van der Waals surface area contributed by atoms with Crippen LogP contribution >= 0.6 is 0 Å². The molecule has 0 atom stereocenters. The van der Waals surface area contributed by atoms with Gasteiger partial charge in [-0.25, -0.2) is 0 Å². The molecule has 0 aromatic carbocycles. The third-order valence-electron chi connectivity index (χ3n) is 2.46. The van der Waals surface area contributed by atoms with Gasteiger partial charge in [-0.15, -0.1) is 0 Å².